The van der Waals surface area contributed by atoms with Crippen LogP contribution in [0.15, 0.2) is 40.1 Å². The van der Waals surface area contributed by atoms with Gasteiger partial charge >= 0.3 is 6.18 Å². The molecule has 0 aliphatic carbocycles. The summed E-state index contributed by atoms with van der Waals surface area (Å²) in [5.74, 6) is -0.00487. The second kappa shape index (κ2) is 5.38. The fourth-order valence-electron chi connectivity index (χ4n) is 1.42. The normalized spacial score (nSPS) is 11.6. The van der Waals surface area contributed by atoms with Gasteiger partial charge in [0.2, 0.25) is 0 Å². The van der Waals surface area contributed by atoms with Gasteiger partial charge in [-0.1, -0.05) is 41.6 Å². The third-order valence-corrected chi connectivity index (χ3v) is 3.65. The predicted molar refractivity (Wildman–Crippen MR) is 67.3 cm³/mol. The number of hydrogen-bond acceptors (Lipinski definition) is 3. The molecule has 1 aromatic carbocycles. The van der Waals surface area contributed by atoms with Gasteiger partial charge in [-0.25, -0.2) is 9.97 Å². The van der Waals surface area contributed by atoms with Crippen molar-refractivity contribution in [1.29, 1.82) is 0 Å². The number of aryl methyl sites for hydroxylation is 1. The lowest BCUT2D eigenvalue weighted by Gasteiger charge is -2.13. The zero-order valence-electron chi connectivity index (χ0n) is 9.70. The minimum Gasteiger partial charge on any atom is -0.227 e. The highest BCUT2D eigenvalue weighted by molar-refractivity contribution is 7.99. The molecule has 0 aliphatic rings. The van der Waals surface area contributed by atoms with Crippen LogP contribution in [0.3, 0.4) is 0 Å². The molecule has 100 valence electrons. The molecule has 0 bridgehead atoms. The molecule has 19 heavy (non-hydrogen) atoms. The first-order valence-electron chi connectivity index (χ1n) is 5.22. The smallest absolute Gasteiger partial charge is 0.227 e. The minimum atomic E-state index is -4.56. The maximum absolute atomic E-state index is 12.9. The predicted octanol–water partition coefficient (Wildman–Crippen LogP) is 4.61. The third kappa shape index (κ3) is 3.39. The number of benzene rings is 1. The van der Waals surface area contributed by atoms with Crippen LogP contribution in [0.4, 0.5) is 13.2 Å². The van der Waals surface area contributed by atoms with Gasteiger partial charge in [0, 0.05) is 4.90 Å². The van der Waals surface area contributed by atoms with Crippen molar-refractivity contribution in [3.63, 3.8) is 0 Å². The van der Waals surface area contributed by atoms with E-state index < -0.39 is 11.9 Å². The second-order valence-electron chi connectivity index (χ2n) is 3.65. The van der Waals surface area contributed by atoms with Crippen LogP contribution in [0, 0.1) is 6.92 Å². The van der Waals surface area contributed by atoms with E-state index in [1.807, 2.05) is 0 Å². The Kier molecular flexibility index (Phi) is 4.01. The average Bonchev–Trinajstić information content (AvgIpc) is 2.32. The van der Waals surface area contributed by atoms with Crippen LogP contribution in [0.2, 0.25) is 5.15 Å². The molecule has 0 spiro atoms. The van der Waals surface area contributed by atoms with Gasteiger partial charge in [0.15, 0.2) is 5.69 Å². The molecule has 7 heteroatoms. The summed E-state index contributed by atoms with van der Waals surface area (Å²) in [6, 6.07) is 8.64. The first-order chi connectivity index (χ1) is 8.88. The Hall–Kier alpha value is -1.27. The Bertz CT molecular complexity index is 588. The molecule has 1 heterocycles. The number of aromatic nitrogens is 2. The summed E-state index contributed by atoms with van der Waals surface area (Å²) in [5, 5.41) is -0.186. The van der Waals surface area contributed by atoms with Crippen molar-refractivity contribution in [3.05, 3.63) is 47.0 Å². The first kappa shape index (κ1) is 14.1. The van der Waals surface area contributed by atoms with E-state index in [1.54, 1.807) is 30.3 Å². The van der Waals surface area contributed by atoms with E-state index in [9.17, 15) is 13.2 Å². The van der Waals surface area contributed by atoms with Gasteiger partial charge < -0.3 is 0 Å². The van der Waals surface area contributed by atoms with Crippen molar-refractivity contribution in [2.75, 3.05) is 0 Å². The molecule has 0 fully saturated rings. The van der Waals surface area contributed by atoms with Crippen LogP contribution in [0.5, 0.6) is 0 Å². The lowest BCUT2D eigenvalue weighted by Crippen LogP contribution is -2.12. The van der Waals surface area contributed by atoms with Gasteiger partial charge in [-0.05, 0) is 19.1 Å². The molecule has 0 saturated carbocycles. The maximum Gasteiger partial charge on any atom is 0.434 e. The van der Waals surface area contributed by atoms with Crippen LogP contribution in [0.25, 0.3) is 0 Å². The monoisotopic (exact) mass is 304 g/mol. The van der Waals surface area contributed by atoms with Crippen LogP contribution in [0.1, 0.15) is 11.5 Å². The minimum absolute atomic E-state index is 0.00487. The molecule has 0 saturated heterocycles. The molecular weight excluding hydrogens is 297 g/mol. The van der Waals surface area contributed by atoms with Crippen LogP contribution >= 0.6 is 23.4 Å². The zero-order chi connectivity index (χ0) is 14.0. The van der Waals surface area contributed by atoms with E-state index in [2.05, 4.69) is 9.97 Å². The van der Waals surface area contributed by atoms with Crippen molar-refractivity contribution >= 4 is 23.4 Å². The summed E-state index contributed by atoms with van der Waals surface area (Å²) < 4.78 is 38.8. The standard InChI is InChI=1S/C12H8ClF3N2S/c1-7-17-10(12(14,15)16)9(11(13)18-7)19-8-5-3-2-4-6-8/h2-6H,1H3. The fourth-order valence-corrected chi connectivity index (χ4v) is 2.66. The van der Waals surface area contributed by atoms with Gasteiger partial charge in [0.05, 0.1) is 4.90 Å². The number of alkyl halides is 3. The first-order valence-corrected chi connectivity index (χ1v) is 6.41. The molecular formula is C12H8ClF3N2S. The SMILES string of the molecule is Cc1nc(Cl)c(Sc2ccccc2)c(C(F)(F)F)n1. The van der Waals surface area contributed by atoms with Gasteiger partial charge in [0.1, 0.15) is 11.0 Å². The molecule has 1 aromatic heterocycles. The lowest BCUT2D eigenvalue weighted by molar-refractivity contribution is -0.143. The van der Waals surface area contributed by atoms with Crippen LogP contribution < -0.4 is 0 Å². The Morgan fingerprint density at radius 2 is 1.74 bits per heavy atom. The highest BCUT2D eigenvalue weighted by Gasteiger charge is 2.37. The molecule has 0 aliphatic heterocycles. The van der Waals surface area contributed by atoms with Gasteiger partial charge in [0.25, 0.3) is 0 Å². The van der Waals surface area contributed by atoms with E-state index in [0.717, 1.165) is 11.8 Å². The summed E-state index contributed by atoms with van der Waals surface area (Å²) in [6.45, 7) is 1.37. The molecule has 0 amide bonds. The summed E-state index contributed by atoms with van der Waals surface area (Å²) in [7, 11) is 0. The molecule has 2 aromatic rings. The molecule has 0 unspecified atom stereocenters. The summed E-state index contributed by atoms with van der Waals surface area (Å²) in [5.41, 5.74) is -1.00. The van der Waals surface area contributed by atoms with Crippen molar-refractivity contribution in [3.8, 4) is 0 Å². The maximum atomic E-state index is 12.9. The van der Waals surface area contributed by atoms with E-state index in [1.165, 1.54) is 6.92 Å². The fraction of sp³-hybridized carbons (Fsp3) is 0.167. The van der Waals surface area contributed by atoms with Crippen molar-refractivity contribution in [1.82, 2.24) is 9.97 Å². The molecule has 2 rings (SSSR count). The molecule has 2 nitrogen and oxygen atoms in total. The van der Waals surface area contributed by atoms with Crippen LogP contribution in [-0.4, -0.2) is 9.97 Å². The van der Waals surface area contributed by atoms with Crippen LogP contribution in [-0.2, 0) is 6.18 Å². The van der Waals surface area contributed by atoms with Crippen molar-refractivity contribution in [2.24, 2.45) is 0 Å². The van der Waals surface area contributed by atoms with Gasteiger partial charge in [-0.3, -0.25) is 0 Å². The summed E-state index contributed by atoms with van der Waals surface area (Å²) in [6.07, 6.45) is -4.56. The Morgan fingerprint density at radius 3 is 2.32 bits per heavy atom. The summed E-state index contributed by atoms with van der Waals surface area (Å²) in [4.78, 5) is 7.70. The highest BCUT2D eigenvalue weighted by atomic mass is 35.5. The molecule has 0 atom stereocenters. The number of halogens is 4. The molecule has 0 radical (unpaired) electrons. The van der Waals surface area contributed by atoms with Gasteiger partial charge in [-0.2, -0.15) is 13.2 Å². The highest BCUT2D eigenvalue weighted by Crippen LogP contribution is 2.41. The Morgan fingerprint density at radius 1 is 1.11 bits per heavy atom. The topological polar surface area (TPSA) is 25.8 Å². The Balaban J connectivity index is 2.50. The van der Waals surface area contributed by atoms with Crippen molar-refractivity contribution in [2.45, 2.75) is 22.9 Å². The van der Waals surface area contributed by atoms with E-state index in [-0.39, 0.29) is 15.9 Å². The quantitative estimate of drug-likeness (QED) is 0.758. The van der Waals surface area contributed by atoms with Gasteiger partial charge in [-0.15, -0.1) is 0 Å². The Labute approximate surface area is 117 Å². The van der Waals surface area contributed by atoms with Crippen molar-refractivity contribution < 1.29 is 13.2 Å². The lowest BCUT2D eigenvalue weighted by atomic mass is 10.4. The number of rotatable bonds is 2. The summed E-state index contributed by atoms with van der Waals surface area (Å²) >= 11 is 6.72. The van der Waals surface area contributed by atoms with E-state index >= 15 is 0 Å². The average molecular weight is 305 g/mol. The van der Waals surface area contributed by atoms with E-state index in [4.69, 9.17) is 11.6 Å². The number of nitrogens with zero attached hydrogens (tertiary/aromatic N) is 2. The third-order valence-electron chi connectivity index (χ3n) is 2.17. The van der Waals surface area contributed by atoms with E-state index in [0.29, 0.717) is 4.90 Å². The largest absolute Gasteiger partial charge is 0.434 e. The number of hydrogen-bond donors (Lipinski definition) is 0. The molecule has 0 N–H and O–H groups in total. The second-order valence-corrected chi connectivity index (χ2v) is 5.09. The zero-order valence-corrected chi connectivity index (χ0v) is 11.3.